The summed E-state index contributed by atoms with van der Waals surface area (Å²) < 4.78 is 40.1. The maximum absolute atomic E-state index is 12.9. The van der Waals surface area contributed by atoms with Gasteiger partial charge in [-0.1, -0.05) is 30.3 Å². The molecule has 1 aromatic heterocycles. The van der Waals surface area contributed by atoms with Crippen molar-refractivity contribution in [3.8, 4) is 0 Å². The molecule has 7 heteroatoms. The SMILES string of the molecule is O=C1CC(CS(=O)(=O)F)CN1C(c1ccccc1)c1ccco1. The zero-order valence-electron chi connectivity index (χ0n) is 12.3. The Morgan fingerprint density at radius 2 is 1.96 bits per heavy atom. The number of rotatable bonds is 5. The molecule has 1 fully saturated rings. The fourth-order valence-electron chi connectivity index (χ4n) is 3.03. The number of benzene rings is 1. The number of furan rings is 1. The van der Waals surface area contributed by atoms with Crippen molar-refractivity contribution in [1.29, 1.82) is 0 Å². The fraction of sp³-hybridized carbons (Fsp3) is 0.312. The van der Waals surface area contributed by atoms with Gasteiger partial charge in [-0.15, -0.1) is 3.89 Å². The Kier molecular flexibility index (Phi) is 4.21. The lowest BCUT2D eigenvalue weighted by atomic mass is 10.0. The minimum Gasteiger partial charge on any atom is -0.467 e. The summed E-state index contributed by atoms with van der Waals surface area (Å²) in [7, 11) is -4.60. The predicted molar refractivity (Wildman–Crippen MR) is 81.7 cm³/mol. The first-order valence-corrected chi connectivity index (χ1v) is 8.79. The molecule has 1 saturated heterocycles. The fourth-order valence-corrected chi connectivity index (χ4v) is 3.82. The van der Waals surface area contributed by atoms with Crippen LogP contribution < -0.4 is 0 Å². The van der Waals surface area contributed by atoms with Crippen LogP contribution >= 0.6 is 0 Å². The molecule has 0 bridgehead atoms. The Hall–Kier alpha value is -2.15. The average molecular weight is 337 g/mol. The maximum atomic E-state index is 12.9. The van der Waals surface area contributed by atoms with E-state index in [9.17, 15) is 17.1 Å². The molecule has 2 atom stereocenters. The topological polar surface area (TPSA) is 67.6 Å². The van der Waals surface area contributed by atoms with E-state index in [0.717, 1.165) is 5.56 Å². The Bertz CT molecular complexity index is 774. The molecule has 3 rings (SSSR count). The van der Waals surface area contributed by atoms with Crippen LogP contribution in [0.5, 0.6) is 0 Å². The van der Waals surface area contributed by atoms with Crippen molar-refractivity contribution < 1.29 is 21.5 Å². The lowest BCUT2D eigenvalue weighted by molar-refractivity contribution is -0.129. The normalized spacial score (nSPS) is 20.0. The molecule has 1 aromatic carbocycles. The summed E-state index contributed by atoms with van der Waals surface area (Å²) in [6.07, 6.45) is 1.54. The number of halogens is 1. The number of carbonyl (C=O) groups excluding carboxylic acids is 1. The molecule has 23 heavy (non-hydrogen) atoms. The number of amides is 1. The van der Waals surface area contributed by atoms with Gasteiger partial charge >= 0.3 is 10.2 Å². The van der Waals surface area contributed by atoms with Gasteiger partial charge in [0.15, 0.2) is 0 Å². The first-order chi connectivity index (χ1) is 10.9. The summed E-state index contributed by atoms with van der Waals surface area (Å²) in [5.41, 5.74) is 0.861. The van der Waals surface area contributed by atoms with Crippen LogP contribution in [0.2, 0.25) is 0 Å². The third-order valence-electron chi connectivity index (χ3n) is 3.91. The highest BCUT2D eigenvalue weighted by molar-refractivity contribution is 7.86. The molecule has 0 spiro atoms. The zero-order chi connectivity index (χ0) is 16.4. The van der Waals surface area contributed by atoms with Gasteiger partial charge in [-0.3, -0.25) is 4.79 Å². The highest BCUT2D eigenvalue weighted by atomic mass is 32.3. The van der Waals surface area contributed by atoms with E-state index in [1.165, 1.54) is 6.26 Å². The van der Waals surface area contributed by atoms with Gasteiger partial charge in [-0.2, -0.15) is 8.42 Å². The monoisotopic (exact) mass is 337 g/mol. The second-order valence-electron chi connectivity index (χ2n) is 5.65. The second kappa shape index (κ2) is 6.16. The van der Waals surface area contributed by atoms with E-state index >= 15 is 0 Å². The molecule has 0 saturated carbocycles. The van der Waals surface area contributed by atoms with Crippen LogP contribution in [0.15, 0.2) is 53.1 Å². The van der Waals surface area contributed by atoms with Crippen molar-refractivity contribution in [2.45, 2.75) is 12.5 Å². The Labute approximate surface area is 133 Å². The molecule has 2 unspecified atom stereocenters. The largest absolute Gasteiger partial charge is 0.467 e. The van der Waals surface area contributed by atoms with Crippen molar-refractivity contribution in [2.24, 2.45) is 5.92 Å². The van der Waals surface area contributed by atoms with Crippen LogP contribution in [-0.4, -0.2) is 31.5 Å². The molecule has 2 aromatic rings. The summed E-state index contributed by atoms with van der Waals surface area (Å²) in [6, 6.07) is 12.4. The first-order valence-electron chi connectivity index (χ1n) is 7.24. The third-order valence-corrected chi connectivity index (χ3v) is 4.78. The standard InChI is InChI=1S/C16H16FNO4S/c17-23(20,21)11-12-9-15(19)18(10-12)16(14-7-4-8-22-14)13-5-2-1-3-6-13/h1-8,12,16H,9-11H2. The summed E-state index contributed by atoms with van der Waals surface area (Å²) in [5.74, 6) is -0.787. The molecule has 2 heterocycles. The van der Waals surface area contributed by atoms with Crippen LogP contribution in [0.1, 0.15) is 23.8 Å². The van der Waals surface area contributed by atoms with E-state index in [4.69, 9.17) is 4.42 Å². The van der Waals surface area contributed by atoms with E-state index < -0.39 is 27.9 Å². The molecule has 1 aliphatic rings. The number of carbonyl (C=O) groups is 1. The second-order valence-corrected chi connectivity index (χ2v) is 7.06. The average Bonchev–Trinajstić information content (AvgIpc) is 3.10. The number of nitrogens with zero attached hydrogens (tertiary/aromatic N) is 1. The molecule has 0 N–H and O–H groups in total. The molecule has 5 nitrogen and oxygen atoms in total. The summed E-state index contributed by atoms with van der Waals surface area (Å²) in [6.45, 7) is 0.183. The third kappa shape index (κ3) is 3.61. The van der Waals surface area contributed by atoms with E-state index in [-0.39, 0.29) is 18.9 Å². The van der Waals surface area contributed by atoms with E-state index in [2.05, 4.69) is 0 Å². The van der Waals surface area contributed by atoms with Gasteiger partial charge in [-0.05, 0) is 17.7 Å². The van der Waals surface area contributed by atoms with E-state index in [1.54, 1.807) is 17.0 Å². The van der Waals surface area contributed by atoms with Crippen molar-refractivity contribution in [3.05, 3.63) is 60.1 Å². The molecule has 0 radical (unpaired) electrons. The van der Waals surface area contributed by atoms with Crippen molar-refractivity contribution >= 4 is 16.1 Å². The van der Waals surface area contributed by atoms with E-state index in [0.29, 0.717) is 5.76 Å². The Morgan fingerprint density at radius 1 is 1.22 bits per heavy atom. The first kappa shape index (κ1) is 15.7. The van der Waals surface area contributed by atoms with Gasteiger partial charge in [0, 0.05) is 18.9 Å². The lowest BCUT2D eigenvalue weighted by Crippen LogP contribution is -2.31. The maximum Gasteiger partial charge on any atom is 0.302 e. The van der Waals surface area contributed by atoms with Crippen LogP contribution in [-0.2, 0) is 15.0 Å². The highest BCUT2D eigenvalue weighted by Crippen LogP contribution is 2.34. The summed E-state index contributed by atoms with van der Waals surface area (Å²) >= 11 is 0. The van der Waals surface area contributed by atoms with Crippen LogP contribution in [0.25, 0.3) is 0 Å². The highest BCUT2D eigenvalue weighted by Gasteiger charge is 2.38. The summed E-state index contributed by atoms with van der Waals surface area (Å²) in [4.78, 5) is 13.9. The van der Waals surface area contributed by atoms with Gasteiger partial charge in [0.05, 0.1) is 12.0 Å². The lowest BCUT2D eigenvalue weighted by Gasteiger charge is -2.27. The summed E-state index contributed by atoms with van der Waals surface area (Å²) in [5, 5.41) is 0. The van der Waals surface area contributed by atoms with Crippen molar-refractivity contribution in [2.75, 3.05) is 12.3 Å². The predicted octanol–water partition coefficient (Wildman–Crippen LogP) is 2.52. The van der Waals surface area contributed by atoms with Crippen LogP contribution in [0.3, 0.4) is 0 Å². The molecule has 1 amide bonds. The number of hydrogen-bond acceptors (Lipinski definition) is 4. The van der Waals surface area contributed by atoms with Gasteiger partial charge in [0.1, 0.15) is 11.8 Å². The van der Waals surface area contributed by atoms with Gasteiger partial charge in [0.25, 0.3) is 0 Å². The van der Waals surface area contributed by atoms with Crippen molar-refractivity contribution in [3.63, 3.8) is 0 Å². The van der Waals surface area contributed by atoms with Crippen LogP contribution in [0, 0.1) is 5.92 Å². The van der Waals surface area contributed by atoms with Gasteiger partial charge < -0.3 is 9.32 Å². The molecule has 1 aliphatic heterocycles. The Balaban J connectivity index is 1.90. The molecular formula is C16H16FNO4S. The van der Waals surface area contributed by atoms with E-state index in [1.807, 2.05) is 30.3 Å². The van der Waals surface area contributed by atoms with Gasteiger partial charge in [0.2, 0.25) is 5.91 Å². The Morgan fingerprint density at radius 3 is 2.57 bits per heavy atom. The molecule has 122 valence electrons. The van der Waals surface area contributed by atoms with Gasteiger partial charge in [-0.25, -0.2) is 0 Å². The quantitative estimate of drug-likeness (QED) is 0.786. The van der Waals surface area contributed by atoms with Crippen LogP contribution in [0.4, 0.5) is 3.89 Å². The molecular weight excluding hydrogens is 321 g/mol. The zero-order valence-corrected chi connectivity index (χ0v) is 13.1. The van der Waals surface area contributed by atoms with Crippen molar-refractivity contribution in [1.82, 2.24) is 4.90 Å². The minimum atomic E-state index is -4.60. The minimum absolute atomic E-state index is 0.0210. The number of likely N-dealkylation sites (tertiary alicyclic amines) is 1. The smallest absolute Gasteiger partial charge is 0.302 e. The number of hydrogen-bond donors (Lipinski definition) is 0. The molecule has 0 aliphatic carbocycles.